The van der Waals surface area contributed by atoms with E-state index in [0.717, 1.165) is 16.8 Å². The second-order valence-corrected chi connectivity index (χ2v) is 7.12. The molecule has 3 rings (SSSR count). The van der Waals surface area contributed by atoms with Crippen LogP contribution in [0, 0.1) is 6.92 Å². The van der Waals surface area contributed by atoms with Crippen LogP contribution in [0.1, 0.15) is 23.5 Å². The van der Waals surface area contributed by atoms with Crippen molar-refractivity contribution in [1.29, 1.82) is 0 Å². The van der Waals surface area contributed by atoms with Crippen LogP contribution < -0.4 is 5.32 Å². The number of carbonyl (C=O) groups is 1. The van der Waals surface area contributed by atoms with Crippen LogP contribution in [0.4, 0.5) is 5.69 Å². The number of nitrogens with one attached hydrogen (secondary N) is 1. The zero-order chi connectivity index (χ0) is 16.4. The molecule has 0 spiro atoms. The number of para-hydroxylation sites is 1. The monoisotopic (exact) mass is 331 g/mol. The third-order valence-electron chi connectivity index (χ3n) is 3.87. The van der Waals surface area contributed by atoms with Gasteiger partial charge in [0.15, 0.2) is 0 Å². The van der Waals surface area contributed by atoms with Crippen LogP contribution in [0.25, 0.3) is 0 Å². The summed E-state index contributed by atoms with van der Waals surface area (Å²) < 4.78 is 29.3. The van der Waals surface area contributed by atoms with E-state index in [9.17, 15) is 13.2 Å². The second kappa shape index (κ2) is 6.14. The average Bonchev–Trinajstić information content (AvgIpc) is 2.84. The standard InChI is InChI=1S/C17H17NO4S/c1-12-6-8-13(9-7-12)23(20,21)22-11-10-15-14-4-2-3-5-16(14)18-17(15)19/h2-9,15H,10-11H2,1H3,(H,18,19). The summed E-state index contributed by atoms with van der Waals surface area (Å²) >= 11 is 0. The van der Waals surface area contributed by atoms with Crippen molar-refractivity contribution < 1.29 is 17.4 Å². The molecular formula is C17H17NO4S. The van der Waals surface area contributed by atoms with E-state index in [4.69, 9.17) is 4.18 Å². The highest BCUT2D eigenvalue weighted by Crippen LogP contribution is 2.34. The van der Waals surface area contributed by atoms with Gasteiger partial charge in [-0.15, -0.1) is 0 Å². The molecule has 1 heterocycles. The molecule has 23 heavy (non-hydrogen) atoms. The van der Waals surface area contributed by atoms with Gasteiger partial charge in [-0.2, -0.15) is 8.42 Å². The minimum Gasteiger partial charge on any atom is -0.325 e. The molecule has 1 N–H and O–H groups in total. The van der Waals surface area contributed by atoms with Gasteiger partial charge in [0, 0.05) is 5.69 Å². The molecule has 0 fully saturated rings. The Kier molecular flexibility index (Phi) is 4.19. The quantitative estimate of drug-likeness (QED) is 0.855. The Balaban J connectivity index is 1.65. The zero-order valence-electron chi connectivity index (χ0n) is 12.7. The van der Waals surface area contributed by atoms with Crippen LogP contribution in [-0.2, 0) is 19.1 Å². The number of hydrogen-bond donors (Lipinski definition) is 1. The molecule has 2 aromatic carbocycles. The minimum absolute atomic E-state index is 0.0391. The number of amides is 1. The topological polar surface area (TPSA) is 72.5 Å². The molecule has 0 saturated carbocycles. The summed E-state index contributed by atoms with van der Waals surface area (Å²) in [5, 5.41) is 2.79. The van der Waals surface area contributed by atoms with Crippen molar-refractivity contribution >= 4 is 21.7 Å². The molecule has 1 unspecified atom stereocenters. The molecule has 0 aliphatic carbocycles. The van der Waals surface area contributed by atoms with E-state index < -0.39 is 10.1 Å². The number of anilines is 1. The van der Waals surface area contributed by atoms with Gasteiger partial charge in [0.05, 0.1) is 17.4 Å². The van der Waals surface area contributed by atoms with Gasteiger partial charge in [0.2, 0.25) is 5.91 Å². The summed E-state index contributed by atoms with van der Waals surface area (Å²) in [6, 6.07) is 13.9. The fourth-order valence-corrected chi connectivity index (χ4v) is 3.53. The first-order chi connectivity index (χ1) is 11.0. The molecular weight excluding hydrogens is 314 g/mol. The number of carbonyl (C=O) groups excluding carboxylic acids is 1. The molecule has 5 nitrogen and oxygen atoms in total. The van der Waals surface area contributed by atoms with E-state index in [1.807, 2.05) is 31.2 Å². The van der Waals surface area contributed by atoms with Crippen LogP contribution in [-0.4, -0.2) is 20.9 Å². The molecule has 1 amide bonds. The highest BCUT2D eigenvalue weighted by molar-refractivity contribution is 7.86. The molecule has 1 aliphatic heterocycles. The van der Waals surface area contributed by atoms with E-state index in [1.165, 1.54) is 12.1 Å². The Morgan fingerprint density at radius 3 is 2.52 bits per heavy atom. The maximum Gasteiger partial charge on any atom is 0.296 e. The minimum atomic E-state index is -3.80. The van der Waals surface area contributed by atoms with Crippen LogP contribution in [0.3, 0.4) is 0 Å². The summed E-state index contributed by atoms with van der Waals surface area (Å²) in [4.78, 5) is 12.1. The first kappa shape index (κ1) is 15.7. The fourth-order valence-electron chi connectivity index (χ4n) is 2.61. The molecule has 0 saturated heterocycles. The van der Waals surface area contributed by atoms with Crippen molar-refractivity contribution in [3.8, 4) is 0 Å². The number of rotatable bonds is 5. The van der Waals surface area contributed by atoms with Crippen molar-refractivity contribution in [2.75, 3.05) is 11.9 Å². The number of benzene rings is 2. The van der Waals surface area contributed by atoms with Crippen molar-refractivity contribution in [1.82, 2.24) is 0 Å². The normalized spacial score (nSPS) is 16.9. The van der Waals surface area contributed by atoms with E-state index in [1.54, 1.807) is 12.1 Å². The lowest BCUT2D eigenvalue weighted by atomic mass is 9.98. The molecule has 6 heteroatoms. The maximum atomic E-state index is 12.1. The maximum absolute atomic E-state index is 12.1. The van der Waals surface area contributed by atoms with Gasteiger partial charge in [0.25, 0.3) is 10.1 Å². The van der Waals surface area contributed by atoms with Gasteiger partial charge in [0.1, 0.15) is 0 Å². The first-order valence-electron chi connectivity index (χ1n) is 7.33. The van der Waals surface area contributed by atoms with Gasteiger partial charge in [-0.1, -0.05) is 35.9 Å². The highest BCUT2D eigenvalue weighted by atomic mass is 32.2. The fraction of sp³-hybridized carbons (Fsp3) is 0.235. The Bertz CT molecular complexity index is 828. The van der Waals surface area contributed by atoms with Crippen LogP contribution >= 0.6 is 0 Å². The van der Waals surface area contributed by atoms with Crippen molar-refractivity contribution in [3.63, 3.8) is 0 Å². The van der Waals surface area contributed by atoms with Crippen molar-refractivity contribution in [3.05, 3.63) is 59.7 Å². The van der Waals surface area contributed by atoms with E-state index in [2.05, 4.69) is 5.32 Å². The lowest BCUT2D eigenvalue weighted by molar-refractivity contribution is -0.117. The predicted octanol–water partition coefficient (Wildman–Crippen LogP) is 2.83. The summed E-state index contributed by atoms with van der Waals surface area (Å²) in [5.41, 5.74) is 2.64. The van der Waals surface area contributed by atoms with Crippen LogP contribution in [0.15, 0.2) is 53.4 Å². The van der Waals surface area contributed by atoms with Crippen LogP contribution in [0.2, 0.25) is 0 Å². The first-order valence-corrected chi connectivity index (χ1v) is 8.74. The largest absolute Gasteiger partial charge is 0.325 e. The smallest absolute Gasteiger partial charge is 0.296 e. The van der Waals surface area contributed by atoms with E-state index >= 15 is 0 Å². The average molecular weight is 331 g/mol. The Morgan fingerprint density at radius 2 is 1.78 bits per heavy atom. The third-order valence-corrected chi connectivity index (χ3v) is 5.19. The van der Waals surface area contributed by atoms with Crippen molar-refractivity contribution in [2.24, 2.45) is 0 Å². The highest BCUT2D eigenvalue weighted by Gasteiger charge is 2.30. The van der Waals surface area contributed by atoms with Gasteiger partial charge >= 0.3 is 0 Å². The Morgan fingerprint density at radius 1 is 1.09 bits per heavy atom. The van der Waals surface area contributed by atoms with Crippen molar-refractivity contribution in [2.45, 2.75) is 24.2 Å². The molecule has 0 radical (unpaired) electrons. The Labute approximate surface area is 135 Å². The lowest BCUT2D eigenvalue weighted by Gasteiger charge is -2.10. The molecule has 0 bridgehead atoms. The SMILES string of the molecule is Cc1ccc(S(=O)(=O)OCCC2C(=O)Nc3ccccc32)cc1. The summed E-state index contributed by atoms with van der Waals surface area (Å²) in [5.74, 6) is -0.498. The summed E-state index contributed by atoms with van der Waals surface area (Å²) in [6.45, 7) is 1.84. The summed E-state index contributed by atoms with van der Waals surface area (Å²) in [7, 11) is -3.80. The third kappa shape index (κ3) is 3.28. The van der Waals surface area contributed by atoms with Gasteiger partial charge in [-0.3, -0.25) is 8.98 Å². The number of fused-ring (bicyclic) bond motifs is 1. The zero-order valence-corrected chi connectivity index (χ0v) is 13.5. The van der Waals surface area contributed by atoms with Gasteiger partial charge < -0.3 is 5.32 Å². The second-order valence-electron chi connectivity index (χ2n) is 5.51. The molecule has 0 aromatic heterocycles. The van der Waals surface area contributed by atoms with Gasteiger partial charge in [-0.25, -0.2) is 0 Å². The molecule has 120 valence electrons. The number of aryl methyl sites for hydroxylation is 1. The van der Waals surface area contributed by atoms with Crippen LogP contribution in [0.5, 0.6) is 0 Å². The van der Waals surface area contributed by atoms with E-state index in [-0.39, 0.29) is 23.3 Å². The molecule has 1 atom stereocenters. The predicted molar refractivity (Wildman–Crippen MR) is 86.7 cm³/mol. The number of hydrogen-bond acceptors (Lipinski definition) is 4. The molecule has 1 aliphatic rings. The molecule has 2 aromatic rings. The lowest BCUT2D eigenvalue weighted by Crippen LogP contribution is -2.16. The summed E-state index contributed by atoms with van der Waals surface area (Å²) in [6.07, 6.45) is 0.313. The Hall–Kier alpha value is -2.18. The van der Waals surface area contributed by atoms with E-state index in [0.29, 0.717) is 6.42 Å². The van der Waals surface area contributed by atoms with Gasteiger partial charge in [-0.05, 0) is 37.1 Å².